The molecular weight excluding hydrogens is 344 g/mol. The van der Waals surface area contributed by atoms with Gasteiger partial charge in [0.05, 0.1) is 29.5 Å². The number of anilines is 1. The van der Waals surface area contributed by atoms with Crippen LogP contribution in [0.1, 0.15) is 40.1 Å². The number of thiazole rings is 1. The summed E-state index contributed by atoms with van der Waals surface area (Å²) < 4.78 is 5.48. The molecule has 1 aliphatic heterocycles. The zero-order chi connectivity index (χ0) is 17.8. The van der Waals surface area contributed by atoms with Gasteiger partial charge in [-0.3, -0.25) is 0 Å². The van der Waals surface area contributed by atoms with Crippen LogP contribution in [0.15, 0.2) is 41.8 Å². The van der Waals surface area contributed by atoms with Crippen LogP contribution in [0.3, 0.4) is 0 Å². The topological polar surface area (TPSA) is 59.9 Å². The summed E-state index contributed by atoms with van der Waals surface area (Å²) >= 11 is 1.71. The predicted molar refractivity (Wildman–Crippen MR) is 104 cm³/mol. The zero-order valence-corrected chi connectivity index (χ0v) is 15.6. The molecule has 0 spiro atoms. The van der Waals surface area contributed by atoms with E-state index in [1.165, 1.54) is 5.56 Å². The van der Waals surface area contributed by atoms with Crippen LogP contribution < -0.4 is 5.32 Å². The average Bonchev–Trinajstić information content (AvgIpc) is 3.33. The van der Waals surface area contributed by atoms with Crippen molar-refractivity contribution < 1.29 is 4.74 Å². The first kappa shape index (κ1) is 17.1. The van der Waals surface area contributed by atoms with Gasteiger partial charge in [0.2, 0.25) is 0 Å². The van der Waals surface area contributed by atoms with Crippen LogP contribution in [-0.4, -0.2) is 28.2 Å². The van der Waals surface area contributed by atoms with Crippen molar-refractivity contribution in [3.05, 3.63) is 69.6 Å². The molecule has 5 nitrogen and oxygen atoms in total. The molecule has 1 aliphatic rings. The molecule has 0 aliphatic carbocycles. The van der Waals surface area contributed by atoms with Gasteiger partial charge in [0, 0.05) is 30.4 Å². The zero-order valence-electron chi connectivity index (χ0n) is 14.8. The SMILES string of the molecule is Cc1nc(NCc2csc(Cc3ccccc3)n2)cc(C2CCOC2)n1. The monoisotopic (exact) mass is 366 g/mol. The molecule has 2 aromatic heterocycles. The highest BCUT2D eigenvalue weighted by Gasteiger charge is 2.20. The van der Waals surface area contributed by atoms with E-state index in [-0.39, 0.29) is 0 Å². The van der Waals surface area contributed by atoms with Crippen molar-refractivity contribution in [2.24, 2.45) is 0 Å². The van der Waals surface area contributed by atoms with Gasteiger partial charge in [0.15, 0.2) is 0 Å². The Kier molecular flexibility index (Phi) is 5.22. The van der Waals surface area contributed by atoms with Crippen molar-refractivity contribution in [3.63, 3.8) is 0 Å². The van der Waals surface area contributed by atoms with E-state index in [4.69, 9.17) is 9.72 Å². The van der Waals surface area contributed by atoms with Crippen LogP contribution in [-0.2, 0) is 17.7 Å². The maximum Gasteiger partial charge on any atom is 0.130 e. The molecule has 0 amide bonds. The molecule has 1 fully saturated rings. The summed E-state index contributed by atoms with van der Waals surface area (Å²) in [6.07, 6.45) is 1.91. The van der Waals surface area contributed by atoms with E-state index in [0.717, 1.165) is 54.1 Å². The molecule has 1 saturated heterocycles. The van der Waals surface area contributed by atoms with E-state index >= 15 is 0 Å². The molecule has 3 heterocycles. The number of ether oxygens (including phenoxy) is 1. The molecular formula is C20H22N4OS. The fourth-order valence-electron chi connectivity index (χ4n) is 3.12. The van der Waals surface area contributed by atoms with Crippen LogP contribution in [0, 0.1) is 6.92 Å². The quantitative estimate of drug-likeness (QED) is 0.716. The Bertz CT molecular complexity index is 859. The minimum atomic E-state index is 0.383. The van der Waals surface area contributed by atoms with Crippen LogP contribution in [0.25, 0.3) is 0 Å². The van der Waals surface area contributed by atoms with Crippen LogP contribution in [0.5, 0.6) is 0 Å². The Hall–Kier alpha value is -2.31. The summed E-state index contributed by atoms with van der Waals surface area (Å²) in [7, 11) is 0. The van der Waals surface area contributed by atoms with Crippen LogP contribution in [0.4, 0.5) is 5.82 Å². The fourth-order valence-corrected chi connectivity index (χ4v) is 3.95. The fraction of sp³-hybridized carbons (Fsp3) is 0.350. The lowest BCUT2D eigenvalue weighted by Crippen LogP contribution is -2.08. The van der Waals surface area contributed by atoms with E-state index in [9.17, 15) is 0 Å². The first-order valence-electron chi connectivity index (χ1n) is 8.90. The molecule has 1 unspecified atom stereocenters. The third-order valence-electron chi connectivity index (χ3n) is 4.45. The lowest BCUT2D eigenvalue weighted by atomic mass is 10.0. The van der Waals surface area contributed by atoms with Crippen molar-refractivity contribution >= 4 is 17.2 Å². The van der Waals surface area contributed by atoms with E-state index in [0.29, 0.717) is 12.5 Å². The van der Waals surface area contributed by atoms with E-state index in [1.54, 1.807) is 11.3 Å². The smallest absolute Gasteiger partial charge is 0.130 e. The highest BCUT2D eigenvalue weighted by molar-refractivity contribution is 7.09. The third-order valence-corrected chi connectivity index (χ3v) is 5.35. The Morgan fingerprint density at radius 2 is 2.08 bits per heavy atom. The summed E-state index contributed by atoms with van der Waals surface area (Å²) in [6, 6.07) is 12.5. The normalized spacial score (nSPS) is 16.7. The number of benzene rings is 1. The van der Waals surface area contributed by atoms with Crippen molar-refractivity contribution in [2.45, 2.75) is 32.2 Å². The molecule has 4 rings (SSSR count). The predicted octanol–water partition coefficient (Wildman–Crippen LogP) is 3.95. The Labute approximate surface area is 157 Å². The Morgan fingerprint density at radius 1 is 1.19 bits per heavy atom. The highest BCUT2D eigenvalue weighted by Crippen LogP contribution is 2.25. The molecule has 0 radical (unpaired) electrons. The van der Waals surface area contributed by atoms with Gasteiger partial charge in [0.1, 0.15) is 11.6 Å². The average molecular weight is 366 g/mol. The van der Waals surface area contributed by atoms with Gasteiger partial charge in [-0.05, 0) is 18.9 Å². The minimum Gasteiger partial charge on any atom is -0.381 e. The number of rotatable bonds is 6. The molecule has 1 atom stereocenters. The first-order valence-corrected chi connectivity index (χ1v) is 9.78. The first-order chi connectivity index (χ1) is 12.8. The molecule has 6 heteroatoms. The summed E-state index contributed by atoms with van der Waals surface area (Å²) in [5.74, 6) is 2.03. The molecule has 0 bridgehead atoms. The lowest BCUT2D eigenvalue weighted by molar-refractivity contribution is 0.193. The number of hydrogen-bond acceptors (Lipinski definition) is 6. The lowest BCUT2D eigenvalue weighted by Gasteiger charge is -2.11. The Balaban J connectivity index is 1.40. The van der Waals surface area contributed by atoms with Gasteiger partial charge >= 0.3 is 0 Å². The van der Waals surface area contributed by atoms with Crippen molar-refractivity contribution in [3.8, 4) is 0 Å². The van der Waals surface area contributed by atoms with E-state index in [2.05, 4.69) is 44.9 Å². The van der Waals surface area contributed by atoms with Gasteiger partial charge in [-0.1, -0.05) is 30.3 Å². The highest BCUT2D eigenvalue weighted by atomic mass is 32.1. The Morgan fingerprint density at radius 3 is 2.88 bits per heavy atom. The number of nitrogens with one attached hydrogen (secondary N) is 1. The maximum atomic E-state index is 5.48. The molecule has 0 saturated carbocycles. The molecule has 1 N–H and O–H groups in total. The molecule has 26 heavy (non-hydrogen) atoms. The standard InChI is InChI=1S/C20H22N4OS/c1-14-22-18(16-7-8-25-12-16)10-19(23-14)21-11-17-13-26-20(24-17)9-15-5-3-2-4-6-15/h2-6,10,13,16H,7-9,11-12H2,1H3,(H,21,22,23). The van der Waals surface area contributed by atoms with Gasteiger partial charge in [-0.15, -0.1) is 11.3 Å². The van der Waals surface area contributed by atoms with Gasteiger partial charge in [0.25, 0.3) is 0 Å². The molecule has 1 aromatic carbocycles. The second-order valence-electron chi connectivity index (χ2n) is 6.53. The number of hydrogen-bond donors (Lipinski definition) is 1. The number of aryl methyl sites for hydroxylation is 1. The third kappa shape index (κ3) is 4.26. The van der Waals surface area contributed by atoms with Crippen molar-refractivity contribution in [1.82, 2.24) is 15.0 Å². The van der Waals surface area contributed by atoms with Gasteiger partial charge in [-0.2, -0.15) is 0 Å². The van der Waals surface area contributed by atoms with Gasteiger partial charge in [-0.25, -0.2) is 15.0 Å². The van der Waals surface area contributed by atoms with Crippen LogP contribution in [0.2, 0.25) is 0 Å². The second-order valence-corrected chi connectivity index (χ2v) is 7.48. The van der Waals surface area contributed by atoms with Crippen molar-refractivity contribution in [2.75, 3.05) is 18.5 Å². The summed E-state index contributed by atoms with van der Waals surface area (Å²) in [5.41, 5.74) is 3.40. The minimum absolute atomic E-state index is 0.383. The van der Waals surface area contributed by atoms with Gasteiger partial charge < -0.3 is 10.1 Å². The van der Waals surface area contributed by atoms with E-state index in [1.807, 2.05) is 19.1 Å². The molecule has 3 aromatic rings. The number of aromatic nitrogens is 3. The number of nitrogens with zero attached hydrogens (tertiary/aromatic N) is 3. The van der Waals surface area contributed by atoms with Crippen molar-refractivity contribution in [1.29, 1.82) is 0 Å². The summed E-state index contributed by atoms with van der Waals surface area (Å²) in [5, 5.41) is 6.65. The van der Waals surface area contributed by atoms with Crippen LogP contribution >= 0.6 is 11.3 Å². The molecule has 134 valence electrons. The maximum absolute atomic E-state index is 5.48. The largest absolute Gasteiger partial charge is 0.381 e. The summed E-state index contributed by atoms with van der Waals surface area (Å²) in [4.78, 5) is 13.8. The van der Waals surface area contributed by atoms with E-state index < -0.39 is 0 Å². The second kappa shape index (κ2) is 7.93. The summed E-state index contributed by atoms with van der Waals surface area (Å²) in [6.45, 7) is 4.18.